The van der Waals surface area contributed by atoms with E-state index in [1.54, 1.807) is 13.0 Å². The Morgan fingerprint density at radius 1 is 1.32 bits per heavy atom. The topological polar surface area (TPSA) is 55.1 Å². The summed E-state index contributed by atoms with van der Waals surface area (Å²) in [6.45, 7) is 1.73. The highest BCUT2D eigenvalue weighted by molar-refractivity contribution is 7.99. The van der Waals surface area contributed by atoms with Gasteiger partial charge in [0.1, 0.15) is 5.82 Å². The molecule has 0 radical (unpaired) electrons. The summed E-state index contributed by atoms with van der Waals surface area (Å²) in [5.74, 6) is -0.687. The molecule has 22 heavy (non-hydrogen) atoms. The van der Waals surface area contributed by atoms with E-state index in [1.165, 1.54) is 0 Å². The Labute approximate surface area is 129 Å². The van der Waals surface area contributed by atoms with Gasteiger partial charge in [0.25, 0.3) is 11.6 Å². The zero-order valence-electron chi connectivity index (χ0n) is 12.2. The summed E-state index contributed by atoms with van der Waals surface area (Å²) in [4.78, 5) is 7.50. The van der Waals surface area contributed by atoms with Crippen LogP contribution in [0.3, 0.4) is 0 Å². The van der Waals surface area contributed by atoms with Crippen LogP contribution < -0.4 is 5.32 Å². The maximum Gasteiger partial charge on any atom is 0.453 e. The molecule has 3 rings (SSSR count). The van der Waals surface area contributed by atoms with Crippen LogP contribution in [0.5, 0.6) is 0 Å². The number of thioether (sulfide) groups is 1. The van der Waals surface area contributed by atoms with Gasteiger partial charge in [0, 0.05) is 23.1 Å². The summed E-state index contributed by atoms with van der Waals surface area (Å²) in [5.41, 5.74) is 0.607. The van der Waals surface area contributed by atoms with Crippen LogP contribution >= 0.6 is 11.8 Å². The third-order valence-corrected chi connectivity index (χ3v) is 4.86. The molecule has 1 N–H and O–H groups in total. The van der Waals surface area contributed by atoms with Crippen molar-refractivity contribution in [1.29, 1.82) is 0 Å². The Bertz CT molecular complexity index is 684. The van der Waals surface area contributed by atoms with Crippen LogP contribution in [0, 0.1) is 6.92 Å². The van der Waals surface area contributed by atoms with Crippen LogP contribution in [0.1, 0.15) is 30.8 Å². The Hall–Kier alpha value is -1.51. The van der Waals surface area contributed by atoms with Gasteiger partial charge in [-0.2, -0.15) is 34.4 Å². The highest BCUT2D eigenvalue weighted by atomic mass is 32.2. The van der Waals surface area contributed by atoms with E-state index < -0.39 is 12.0 Å². The zero-order chi connectivity index (χ0) is 15.9. The largest absolute Gasteiger partial charge is 0.453 e. The summed E-state index contributed by atoms with van der Waals surface area (Å²) >= 11 is 1.83. The monoisotopic (exact) mass is 331 g/mol. The van der Waals surface area contributed by atoms with Crippen LogP contribution in [0.15, 0.2) is 6.07 Å². The minimum Gasteiger partial charge on any atom is -0.367 e. The fraction of sp³-hybridized carbons (Fsp3) is 0.615. The number of aryl methyl sites for hydroxylation is 1. The second kappa shape index (κ2) is 5.60. The van der Waals surface area contributed by atoms with Gasteiger partial charge in [0.15, 0.2) is 0 Å². The van der Waals surface area contributed by atoms with Crippen molar-refractivity contribution in [2.24, 2.45) is 0 Å². The first-order valence-electron chi connectivity index (χ1n) is 6.98. The Kier molecular flexibility index (Phi) is 3.92. The summed E-state index contributed by atoms with van der Waals surface area (Å²) in [6, 6.07) is 1.94. The van der Waals surface area contributed by atoms with Crippen molar-refractivity contribution in [3.05, 3.63) is 17.6 Å². The highest BCUT2D eigenvalue weighted by Gasteiger charge is 2.37. The molecule has 0 amide bonds. The predicted octanol–water partition coefficient (Wildman–Crippen LogP) is 3.15. The van der Waals surface area contributed by atoms with E-state index in [2.05, 4.69) is 26.6 Å². The van der Waals surface area contributed by atoms with Crippen LogP contribution in [0.2, 0.25) is 0 Å². The van der Waals surface area contributed by atoms with Gasteiger partial charge < -0.3 is 5.32 Å². The molecule has 0 unspecified atom stereocenters. The number of rotatable bonds is 3. The quantitative estimate of drug-likeness (QED) is 0.936. The minimum absolute atomic E-state index is 0.0331. The average molecular weight is 331 g/mol. The van der Waals surface area contributed by atoms with Gasteiger partial charge in [0.2, 0.25) is 0 Å². The number of anilines is 1. The Morgan fingerprint density at radius 3 is 2.73 bits per heavy atom. The van der Waals surface area contributed by atoms with Gasteiger partial charge in [0.05, 0.1) is 0 Å². The first-order chi connectivity index (χ1) is 10.4. The molecule has 1 saturated carbocycles. The molecule has 0 saturated heterocycles. The Balaban J connectivity index is 1.93. The first-order valence-corrected chi connectivity index (χ1v) is 8.26. The number of aromatic nitrogens is 4. The van der Waals surface area contributed by atoms with Crippen molar-refractivity contribution in [3.63, 3.8) is 0 Å². The smallest absolute Gasteiger partial charge is 0.367 e. The van der Waals surface area contributed by atoms with Gasteiger partial charge in [-0.05, 0) is 32.4 Å². The molecule has 5 nitrogen and oxygen atoms in total. The van der Waals surface area contributed by atoms with Crippen molar-refractivity contribution < 1.29 is 13.2 Å². The molecule has 1 fully saturated rings. The van der Waals surface area contributed by atoms with E-state index in [-0.39, 0.29) is 11.8 Å². The Morgan fingerprint density at radius 2 is 2.09 bits per heavy atom. The molecule has 2 heterocycles. The lowest BCUT2D eigenvalue weighted by molar-refractivity contribution is -0.144. The van der Waals surface area contributed by atoms with E-state index >= 15 is 0 Å². The third kappa shape index (κ3) is 2.99. The van der Waals surface area contributed by atoms with Crippen LogP contribution in [-0.2, 0) is 6.18 Å². The van der Waals surface area contributed by atoms with Gasteiger partial charge in [-0.1, -0.05) is 0 Å². The highest BCUT2D eigenvalue weighted by Crippen LogP contribution is 2.31. The summed E-state index contributed by atoms with van der Waals surface area (Å²) in [5, 5.41) is 7.45. The van der Waals surface area contributed by atoms with Crippen LogP contribution in [0.25, 0.3) is 5.78 Å². The van der Waals surface area contributed by atoms with Gasteiger partial charge in [-0.3, -0.25) is 0 Å². The zero-order valence-corrected chi connectivity index (χ0v) is 13.0. The van der Waals surface area contributed by atoms with Crippen LogP contribution in [-0.4, -0.2) is 37.1 Å². The number of hydrogen-bond acceptors (Lipinski definition) is 5. The lowest BCUT2D eigenvalue weighted by atomic mass is 10.2. The molecule has 0 aliphatic heterocycles. The van der Waals surface area contributed by atoms with Gasteiger partial charge in [-0.15, -0.1) is 5.10 Å². The van der Waals surface area contributed by atoms with Gasteiger partial charge in [-0.25, -0.2) is 4.98 Å². The molecule has 1 aliphatic rings. The number of halogens is 3. The minimum atomic E-state index is -4.57. The van der Waals surface area contributed by atoms with E-state index in [1.807, 2.05) is 11.8 Å². The molecule has 9 heteroatoms. The standard InChI is InChI=1S/C13H16F3N5S/c1-7-5-10(18-8-3-4-9(6-8)22-2)21-12(17-7)19-11(20-21)13(14,15)16/h5,8-9,18H,3-4,6H2,1-2H3/t8-,9-/m0/s1. The fourth-order valence-corrected chi connectivity index (χ4v) is 3.50. The van der Waals surface area contributed by atoms with Crippen molar-refractivity contribution in [2.75, 3.05) is 11.6 Å². The maximum absolute atomic E-state index is 12.8. The van der Waals surface area contributed by atoms with Crippen molar-refractivity contribution in [2.45, 2.75) is 43.7 Å². The molecular formula is C13H16F3N5S. The predicted molar refractivity (Wildman–Crippen MR) is 79.1 cm³/mol. The molecular weight excluding hydrogens is 315 g/mol. The molecule has 120 valence electrons. The first kappa shape index (κ1) is 15.4. The lowest BCUT2D eigenvalue weighted by Crippen LogP contribution is -2.19. The second-order valence-corrected chi connectivity index (χ2v) is 6.58. The molecule has 2 aromatic rings. The van der Waals surface area contributed by atoms with E-state index in [9.17, 15) is 13.2 Å². The van der Waals surface area contributed by atoms with E-state index in [0.29, 0.717) is 16.8 Å². The normalized spacial score (nSPS) is 22.4. The summed E-state index contributed by atoms with van der Waals surface area (Å²) < 4.78 is 39.5. The molecule has 0 spiro atoms. The third-order valence-electron chi connectivity index (χ3n) is 3.76. The second-order valence-electron chi connectivity index (χ2n) is 5.44. The fourth-order valence-electron chi connectivity index (χ4n) is 2.70. The molecule has 2 atom stereocenters. The number of alkyl halides is 3. The van der Waals surface area contributed by atoms with Gasteiger partial charge >= 0.3 is 6.18 Å². The summed E-state index contributed by atoms with van der Waals surface area (Å²) in [7, 11) is 0. The van der Waals surface area contributed by atoms with Crippen molar-refractivity contribution in [1.82, 2.24) is 19.6 Å². The van der Waals surface area contributed by atoms with Crippen LogP contribution in [0.4, 0.5) is 19.0 Å². The molecule has 1 aliphatic carbocycles. The molecule has 2 aromatic heterocycles. The van der Waals surface area contributed by atoms with E-state index in [0.717, 1.165) is 23.8 Å². The van der Waals surface area contributed by atoms with Crippen molar-refractivity contribution in [3.8, 4) is 0 Å². The van der Waals surface area contributed by atoms with Crippen molar-refractivity contribution >= 4 is 23.4 Å². The lowest BCUT2D eigenvalue weighted by Gasteiger charge is -2.15. The number of nitrogens with zero attached hydrogens (tertiary/aromatic N) is 4. The number of hydrogen-bond donors (Lipinski definition) is 1. The average Bonchev–Trinajstić information content (AvgIpc) is 3.04. The summed E-state index contributed by atoms with van der Waals surface area (Å²) in [6.07, 6.45) is 0.599. The molecule has 0 bridgehead atoms. The van der Waals surface area contributed by atoms with E-state index in [4.69, 9.17) is 0 Å². The molecule has 0 aromatic carbocycles. The number of nitrogens with one attached hydrogen (secondary N) is 1. The SMILES string of the molecule is CS[C@H]1CC[C@H](Nc2cc(C)nc3nc(C(F)(F)F)nn23)C1. The number of fused-ring (bicyclic) bond motifs is 1. The maximum atomic E-state index is 12.8.